The van der Waals surface area contributed by atoms with Gasteiger partial charge in [-0.05, 0) is 37.3 Å². The number of benzene rings is 2. The molecule has 3 amide bonds. The predicted molar refractivity (Wildman–Crippen MR) is 114 cm³/mol. The average Bonchev–Trinajstić information content (AvgIpc) is 2.71. The highest BCUT2D eigenvalue weighted by Gasteiger charge is 2.28. The smallest absolute Gasteiger partial charge is 0.253 e. The van der Waals surface area contributed by atoms with Gasteiger partial charge >= 0.3 is 0 Å². The van der Waals surface area contributed by atoms with E-state index >= 15 is 0 Å². The predicted octanol–water partition coefficient (Wildman–Crippen LogP) is 2.86. The molecule has 0 bridgehead atoms. The molecule has 1 heterocycles. The van der Waals surface area contributed by atoms with E-state index in [1.807, 2.05) is 19.1 Å². The zero-order valence-corrected chi connectivity index (χ0v) is 17.4. The van der Waals surface area contributed by atoms with Crippen LogP contribution in [0.25, 0.3) is 0 Å². The molecule has 29 heavy (non-hydrogen) atoms. The van der Waals surface area contributed by atoms with Crippen molar-refractivity contribution < 1.29 is 19.1 Å². The van der Waals surface area contributed by atoms with E-state index in [0.717, 1.165) is 4.90 Å². The molecule has 1 aliphatic heterocycles. The number of rotatable bonds is 6. The first-order valence-electron chi connectivity index (χ1n) is 9.21. The zero-order chi connectivity index (χ0) is 21.0. The standard InChI is InChI=1S/C21H23N3O4S/c1-4-28-17-8-6-5-7-15(17)22-19(25)12-24-16-11-14(21(27)23(2)3)9-10-18(16)29-13-20(24)26/h5-11H,4,12-13H2,1-3H3,(H,22,25). The molecule has 0 aliphatic carbocycles. The number of carbonyl (C=O) groups excluding carboxylic acids is 3. The van der Waals surface area contributed by atoms with Crippen LogP contribution in [0.4, 0.5) is 11.4 Å². The molecule has 0 aromatic heterocycles. The summed E-state index contributed by atoms with van der Waals surface area (Å²) in [6, 6.07) is 12.4. The molecular formula is C21H23N3O4S. The zero-order valence-electron chi connectivity index (χ0n) is 16.6. The minimum Gasteiger partial charge on any atom is -0.492 e. The number of nitrogens with zero attached hydrogens (tertiary/aromatic N) is 2. The number of hydrogen-bond acceptors (Lipinski definition) is 5. The molecule has 1 N–H and O–H groups in total. The Morgan fingerprint density at radius 3 is 2.69 bits per heavy atom. The van der Waals surface area contributed by atoms with Gasteiger partial charge in [-0.15, -0.1) is 11.8 Å². The van der Waals surface area contributed by atoms with Crippen LogP contribution in [-0.2, 0) is 9.59 Å². The fraction of sp³-hybridized carbons (Fsp3) is 0.286. The van der Waals surface area contributed by atoms with Crippen LogP contribution in [0.1, 0.15) is 17.3 Å². The number of amides is 3. The van der Waals surface area contributed by atoms with Crippen LogP contribution in [0.3, 0.4) is 0 Å². The molecule has 2 aromatic carbocycles. The Kier molecular flexibility index (Phi) is 6.43. The molecule has 0 unspecified atom stereocenters. The van der Waals surface area contributed by atoms with Crippen molar-refractivity contribution in [1.82, 2.24) is 4.90 Å². The Hall–Kier alpha value is -3.00. The van der Waals surface area contributed by atoms with Gasteiger partial charge in [0.1, 0.15) is 12.3 Å². The quantitative estimate of drug-likeness (QED) is 0.788. The molecule has 7 nitrogen and oxygen atoms in total. The second-order valence-electron chi connectivity index (χ2n) is 6.63. The van der Waals surface area contributed by atoms with Crippen molar-refractivity contribution in [3.05, 3.63) is 48.0 Å². The molecule has 0 saturated heterocycles. The van der Waals surface area contributed by atoms with E-state index in [0.29, 0.717) is 29.3 Å². The van der Waals surface area contributed by atoms with E-state index in [1.54, 1.807) is 44.4 Å². The van der Waals surface area contributed by atoms with E-state index in [1.165, 1.54) is 21.6 Å². The molecule has 152 valence electrons. The molecule has 0 atom stereocenters. The number of anilines is 2. The first-order chi connectivity index (χ1) is 13.9. The van der Waals surface area contributed by atoms with Gasteiger partial charge in [0.15, 0.2) is 0 Å². The van der Waals surface area contributed by atoms with Crippen molar-refractivity contribution >= 4 is 40.9 Å². The van der Waals surface area contributed by atoms with Crippen LogP contribution in [-0.4, -0.2) is 55.6 Å². The van der Waals surface area contributed by atoms with Gasteiger partial charge in [0.25, 0.3) is 5.91 Å². The van der Waals surface area contributed by atoms with Gasteiger partial charge in [0.2, 0.25) is 11.8 Å². The maximum absolute atomic E-state index is 12.7. The summed E-state index contributed by atoms with van der Waals surface area (Å²) in [5.41, 5.74) is 1.60. The molecule has 0 saturated carbocycles. The van der Waals surface area contributed by atoms with E-state index in [4.69, 9.17) is 4.74 Å². The van der Waals surface area contributed by atoms with Gasteiger partial charge in [0.05, 0.1) is 23.7 Å². The number of nitrogens with one attached hydrogen (secondary N) is 1. The van der Waals surface area contributed by atoms with Gasteiger partial charge in [-0.25, -0.2) is 0 Å². The second-order valence-corrected chi connectivity index (χ2v) is 7.65. The topological polar surface area (TPSA) is 79.0 Å². The summed E-state index contributed by atoms with van der Waals surface area (Å²) in [6.07, 6.45) is 0. The third-order valence-corrected chi connectivity index (χ3v) is 5.37. The Morgan fingerprint density at radius 2 is 1.97 bits per heavy atom. The summed E-state index contributed by atoms with van der Waals surface area (Å²) >= 11 is 1.40. The summed E-state index contributed by atoms with van der Waals surface area (Å²) in [4.78, 5) is 41.3. The van der Waals surface area contributed by atoms with Gasteiger partial charge < -0.3 is 19.9 Å². The number of ether oxygens (including phenoxy) is 1. The van der Waals surface area contributed by atoms with Gasteiger partial charge in [-0.1, -0.05) is 12.1 Å². The lowest BCUT2D eigenvalue weighted by molar-refractivity contribution is -0.120. The third-order valence-electron chi connectivity index (χ3n) is 4.32. The molecule has 3 rings (SSSR count). The summed E-state index contributed by atoms with van der Waals surface area (Å²) in [5, 5.41) is 2.81. The van der Waals surface area contributed by atoms with Crippen LogP contribution in [0.2, 0.25) is 0 Å². The molecule has 8 heteroatoms. The molecule has 1 aliphatic rings. The minimum atomic E-state index is -0.340. The Labute approximate surface area is 174 Å². The number of hydrogen-bond donors (Lipinski definition) is 1. The Bertz CT molecular complexity index is 945. The lowest BCUT2D eigenvalue weighted by Gasteiger charge is -2.29. The Morgan fingerprint density at radius 1 is 1.21 bits per heavy atom. The van der Waals surface area contributed by atoms with E-state index in [-0.39, 0.29) is 30.0 Å². The maximum Gasteiger partial charge on any atom is 0.253 e. The fourth-order valence-electron chi connectivity index (χ4n) is 2.95. The molecule has 0 radical (unpaired) electrons. The number of carbonyl (C=O) groups is 3. The normalized spacial score (nSPS) is 12.9. The summed E-state index contributed by atoms with van der Waals surface area (Å²) in [6.45, 7) is 2.20. The third kappa shape index (κ3) is 4.71. The Balaban J connectivity index is 1.83. The summed E-state index contributed by atoms with van der Waals surface area (Å²) < 4.78 is 5.53. The average molecular weight is 413 g/mol. The van der Waals surface area contributed by atoms with Crippen molar-refractivity contribution in [3.63, 3.8) is 0 Å². The second kappa shape index (κ2) is 9.00. The lowest BCUT2D eigenvalue weighted by Crippen LogP contribution is -2.41. The highest BCUT2D eigenvalue weighted by molar-refractivity contribution is 8.00. The highest BCUT2D eigenvalue weighted by atomic mass is 32.2. The van der Waals surface area contributed by atoms with Gasteiger partial charge in [-0.3, -0.25) is 14.4 Å². The monoisotopic (exact) mass is 413 g/mol. The molecule has 0 spiro atoms. The van der Waals surface area contributed by atoms with Crippen LogP contribution in [0.5, 0.6) is 5.75 Å². The fourth-order valence-corrected chi connectivity index (χ4v) is 3.87. The minimum absolute atomic E-state index is 0.146. The van der Waals surface area contributed by atoms with Crippen molar-refractivity contribution in [2.24, 2.45) is 0 Å². The van der Waals surface area contributed by atoms with Crippen LogP contribution >= 0.6 is 11.8 Å². The van der Waals surface area contributed by atoms with Crippen molar-refractivity contribution in [2.75, 3.05) is 43.2 Å². The molecule has 2 aromatic rings. The van der Waals surface area contributed by atoms with E-state index in [2.05, 4.69) is 5.32 Å². The highest BCUT2D eigenvalue weighted by Crippen LogP contribution is 2.36. The number of thioether (sulfide) groups is 1. The summed E-state index contributed by atoms with van der Waals surface area (Å²) in [7, 11) is 3.34. The first-order valence-corrected chi connectivity index (χ1v) is 10.2. The number of para-hydroxylation sites is 2. The first kappa shape index (κ1) is 20.7. The van der Waals surface area contributed by atoms with Crippen molar-refractivity contribution in [1.29, 1.82) is 0 Å². The van der Waals surface area contributed by atoms with Crippen LogP contribution in [0, 0.1) is 0 Å². The molecular weight excluding hydrogens is 390 g/mol. The van der Waals surface area contributed by atoms with Crippen LogP contribution < -0.4 is 15.0 Å². The van der Waals surface area contributed by atoms with Crippen molar-refractivity contribution in [3.8, 4) is 5.75 Å². The van der Waals surface area contributed by atoms with Crippen molar-refractivity contribution in [2.45, 2.75) is 11.8 Å². The van der Waals surface area contributed by atoms with Gasteiger partial charge in [-0.2, -0.15) is 0 Å². The largest absolute Gasteiger partial charge is 0.492 e. The lowest BCUT2D eigenvalue weighted by atomic mass is 10.1. The van der Waals surface area contributed by atoms with E-state index in [9.17, 15) is 14.4 Å². The number of fused-ring (bicyclic) bond motifs is 1. The summed E-state index contributed by atoms with van der Waals surface area (Å²) in [5.74, 6) is 0.142. The van der Waals surface area contributed by atoms with Crippen LogP contribution in [0.15, 0.2) is 47.4 Å². The van der Waals surface area contributed by atoms with Gasteiger partial charge in [0, 0.05) is 24.6 Å². The molecule has 0 fully saturated rings. The maximum atomic E-state index is 12.7. The SMILES string of the molecule is CCOc1ccccc1NC(=O)CN1C(=O)CSc2ccc(C(=O)N(C)C)cc21. The van der Waals surface area contributed by atoms with E-state index < -0.39 is 0 Å².